The third-order valence-electron chi connectivity index (χ3n) is 8.26. The highest BCUT2D eigenvalue weighted by atomic mass is 32.2. The number of hydrogen-bond acceptors (Lipinski definition) is 8. The summed E-state index contributed by atoms with van der Waals surface area (Å²) in [5.41, 5.74) is 2.31. The number of benzene rings is 2. The predicted molar refractivity (Wildman–Crippen MR) is 172 cm³/mol. The quantitative estimate of drug-likeness (QED) is 0.0896. The molecule has 0 aromatic heterocycles. The van der Waals surface area contributed by atoms with Crippen LogP contribution in [-0.4, -0.2) is 44.1 Å². The molecule has 1 aliphatic heterocycles. The molecule has 1 aliphatic rings. The first kappa shape index (κ1) is 33.6. The number of fused-ring (bicyclic) bond motifs is 1. The third-order valence-corrected chi connectivity index (χ3v) is 10.3. The smallest absolute Gasteiger partial charge is 0.157 e. The van der Waals surface area contributed by atoms with Gasteiger partial charge in [0.25, 0.3) is 0 Å². The molecule has 230 valence electrons. The van der Waals surface area contributed by atoms with Crippen molar-refractivity contribution in [2.24, 2.45) is 0 Å². The van der Waals surface area contributed by atoms with Crippen LogP contribution in [0.25, 0.3) is 0 Å². The molecule has 0 saturated carbocycles. The van der Waals surface area contributed by atoms with Crippen LogP contribution in [0.5, 0.6) is 28.7 Å². The van der Waals surface area contributed by atoms with Crippen LogP contribution in [0.2, 0.25) is 0 Å². The molecule has 2 aromatic rings. The number of phenols is 4. The number of aliphatic hydroxyl groups is 1. The lowest BCUT2D eigenvalue weighted by Gasteiger charge is -2.36. The van der Waals surface area contributed by atoms with Crippen LogP contribution in [0.1, 0.15) is 130 Å². The summed E-state index contributed by atoms with van der Waals surface area (Å²) in [5.74, 6) is 0.0145. The summed E-state index contributed by atoms with van der Waals surface area (Å²) in [5, 5.41) is 54.5. The Bertz CT molecular complexity index is 1110. The van der Waals surface area contributed by atoms with Crippen molar-refractivity contribution < 1.29 is 30.3 Å². The number of phenolic OH excluding ortho intramolecular Hbond substituents is 4. The number of rotatable bonds is 17. The molecule has 0 saturated heterocycles. The molecule has 0 aliphatic carbocycles. The molecule has 2 unspecified atom stereocenters. The summed E-state index contributed by atoms with van der Waals surface area (Å²) in [7, 11) is 0. The highest BCUT2D eigenvalue weighted by Gasteiger charge is 2.39. The summed E-state index contributed by atoms with van der Waals surface area (Å²) in [6.07, 6.45) is 15.6. The largest absolute Gasteiger partial charge is 0.507 e. The number of unbranched alkanes of at least 4 members (excludes halogenated alkanes) is 8. The minimum atomic E-state index is -0.980. The zero-order chi connectivity index (χ0) is 29.9. The number of aromatic hydroxyl groups is 4. The summed E-state index contributed by atoms with van der Waals surface area (Å²) < 4.78 is 6.46. The molecule has 2 aromatic carbocycles. The Balaban J connectivity index is 2.05. The average molecular weight is 607 g/mol. The van der Waals surface area contributed by atoms with E-state index in [0.29, 0.717) is 28.0 Å². The molecule has 0 spiro atoms. The Morgan fingerprint density at radius 3 is 1.85 bits per heavy atom. The zero-order valence-electron chi connectivity index (χ0n) is 25.2. The minimum Gasteiger partial charge on any atom is -0.507 e. The molecule has 4 atom stereocenters. The van der Waals surface area contributed by atoms with Gasteiger partial charge in [0.1, 0.15) is 23.4 Å². The molecule has 0 amide bonds. The van der Waals surface area contributed by atoms with Gasteiger partial charge in [-0.25, -0.2) is 0 Å². The van der Waals surface area contributed by atoms with E-state index < -0.39 is 12.2 Å². The average Bonchev–Trinajstić information content (AvgIpc) is 2.96. The standard InChI is InChI=1S/C33H50O6S2/c1-5-7-9-11-13-15-26(40-3)28-30(37)22-20-25(36)32(21-17-18-23(34)24(35)19-21)39-33(22)29(31(28)38)27(41-4)16-14-12-10-8-6-2/h17-19,25-27,32,34-38H,5-16,20H2,1-4H3/t25-,26?,27?,32+/m0/s1. The SMILES string of the molecule is CCCCCCCC(SC)c1c(O)c2c(c(C(CCCCCCC)SC)c1O)O[C@H](c1ccc(O)c(O)c1)[C@@H](O)C2. The monoisotopic (exact) mass is 606 g/mol. The van der Waals surface area contributed by atoms with Crippen molar-refractivity contribution in [1.82, 2.24) is 0 Å². The molecule has 5 N–H and O–H groups in total. The Labute approximate surface area is 254 Å². The topological polar surface area (TPSA) is 110 Å². The van der Waals surface area contributed by atoms with Gasteiger partial charge in [0.15, 0.2) is 11.5 Å². The Kier molecular flexibility index (Phi) is 13.7. The van der Waals surface area contributed by atoms with E-state index in [4.69, 9.17) is 4.74 Å². The van der Waals surface area contributed by atoms with Crippen LogP contribution < -0.4 is 4.74 Å². The minimum absolute atomic E-state index is 0.0167. The molecular formula is C33H50O6S2. The van der Waals surface area contributed by atoms with Gasteiger partial charge in [-0.15, -0.1) is 0 Å². The lowest BCUT2D eigenvalue weighted by molar-refractivity contribution is 0.0188. The first-order valence-electron chi connectivity index (χ1n) is 15.3. The maximum Gasteiger partial charge on any atom is 0.157 e. The van der Waals surface area contributed by atoms with Gasteiger partial charge >= 0.3 is 0 Å². The lowest BCUT2D eigenvalue weighted by atomic mass is 9.87. The second-order valence-corrected chi connectivity index (χ2v) is 13.3. The molecule has 0 bridgehead atoms. The van der Waals surface area contributed by atoms with E-state index in [1.54, 1.807) is 29.6 Å². The van der Waals surface area contributed by atoms with Gasteiger partial charge in [-0.05, 0) is 43.0 Å². The van der Waals surface area contributed by atoms with Crippen LogP contribution in [0.3, 0.4) is 0 Å². The molecule has 41 heavy (non-hydrogen) atoms. The van der Waals surface area contributed by atoms with Gasteiger partial charge in [0, 0.05) is 33.6 Å². The summed E-state index contributed by atoms with van der Waals surface area (Å²) in [6, 6.07) is 4.38. The number of thioether (sulfide) groups is 2. The Morgan fingerprint density at radius 2 is 1.32 bits per heavy atom. The molecule has 0 radical (unpaired) electrons. The highest BCUT2D eigenvalue weighted by molar-refractivity contribution is 7.99. The van der Waals surface area contributed by atoms with Gasteiger partial charge in [0.05, 0.1) is 6.10 Å². The van der Waals surface area contributed by atoms with Crippen LogP contribution in [0.15, 0.2) is 18.2 Å². The normalized spacial score (nSPS) is 18.1. The van der Waals surface area contributed by atoms with Crippen molar-refractivity contribution in [3.8, 4) is 28.7 Å². The van der Waals surface area contributed by atoms with E-state index in [1.807, 2.05) is 12.5 Å². The van der Waals surface area contributed by atoms with E-state index in [-0.39, 0.29) is 39.9 Å². The number of aliphatic hydroxyl groups excluding tert-OH is 1. The van der Waals surface area contributed by atoms with Crippen LogP contribution in [0.4, 0.5) is 0 Å². The highest BCUT2D eigenvalue weighted by Crippen LogP contribution is 2.56. The van der Waals surface area contributed by atoms with Crippen molar-refractivity contribution in [2.75, 3.05) is 12.5 Å². The van der Waals surface area contributed by atoms with Crippen molar-refractivity contribution in [2.45, 2.75) is 120 Å². The maximum atomic E-state index is 11.9. The van der Waals surface area contributed by atoms with Crippen molar-refractivity contribution in [3.63, 3.8) is 0 Å². The van der Waals surface area contributed by atoms with E-state index in [2.05, 4.69) is 13.8 Å². The van der Waals surface area contributed by atoms with E-state index in [0.717, 1.165) is 38.5 Å². The van der Waals surface area contributed by atoms with Gasteiger partial charge in [0.2, 0.25) is 0 Å². The zero-order valence-corrected chi connectivity index (χ0v) is 26.8. The van der Waals surface area contributed by atoms with Crippen LogP contribution in [0, 0.1) is 0 Å². The van der Waals surface area contributed by atoms with Crippen LogP contribution >= 0.6 is 23.5 Å². The predicted octanol–water partition coefficient (Wildman–Crippen LogP) is 9.08. The van der Waals surface area contributed by atoms with Gasteiger partial charge < -0.3 is 30.3 Å². The first-order valence-corrected chi connectivity index (χ1v) is 17.9. The fraction of sp³-hybridized carbons (Fsp3) is 0.636. The van der Waals surface area contributed by atoms with E-state index >= 15 is 0 Å². The van der Waals surface area contributed by atoms with Gasteiger partial charge in [-0.2, -0.15) is 23.5 Å². The molecular weight excluding hydrogens is 556 g/mol. The Hall–Kier alpha value is -1.90. The van der Waals surface area contributed by atoms with Crippen LogP contribution in [-0.2, 0) is 6.42 Å². The molecule has 8 heteroatoms. The second kappa shape index (κ2) is 16.7. The van der Waals surface area contributed by atoms with Crippen molar-refractivity contribution in [1.29, 1.82) is 0 Å². The Morgan fingerprint density at radius 1 is 0.756 bits per heavy atom. The van der Waals surface area contributed by atoms with Gasteiger partial charge in [-0.1, -0.05) is 84.1 Å². The molecule has 0 fully saturated rings. The molecule has 3 rings (SSSR count). The van der Waals surface area contributed by atoms with E-state index in [1.165, 1.54) is 50.7 Å². The molecule has 6 nitrogen and oxygen atoms in total. The lowest BCUT2D eigenvalue weighted by Crippen LogP contribution is -2.31. The van der Waals surface area contributed by atoms with Gasteiger partial charge in [-0.3, -0.25) is 0 Å². The van der Waals surface area contributed by atoms with E-state index in [9.17, 15) is 25.5 Å². The first-order chi connectivity index (χ1) is 19.8. The summed E-state index contributed by atoms with van der Waals surface area (Å²) in [6.45, 7) is 4.40. The fourth-order valence-corrected chi connectivity index (χ4v) is 7.60. The van der Waals surface area contributed by atoms with Crippen molar-refractivity contribution >= 4 is 23.5 Å². The van der Waals surface area contributed by atoms with Crippen molar-refractivity contribution in [3.05, 3.63) is 40.5 Å². The number of hydrogen-bond donors (Lipinski definition) is 5. The summed E-state index contributed by atoms with van der Waals surface area (Å²) in [4.78, 5) is 0. The third kappa shape index (κ3) is 8.35. The maximum absolute atomic E-state index is 11.9. The molecule has 1 heterocycles. The summed E-state index contributed by atoms with van der Waals surface area (Å²) >= 11 is 3.31. The fourth-order valence-electron chi connectivity index (χ4n) is 5.88. The number of ether oxygens (including phenoxy) is 1. The second-order valence-electron chi connectivity index (χ2n) is 11.2.